The van der Waals surface area contributed by atoms with E-state index in [1.165, 1.54) is 37.3 Å². The van der Waals surface area contributed by atoms with Crippen LogP contribution < -0.4 is 11.1 Å². The molecule has 2 unspecified atom stereocenters. The Morgan fingerprint density at radius 1 is 1.28 bits per heavy atom. The maximum atomic E-state index is 12.3. The third kappa shape index (κ3) is 2.51. The van der Waals surface area contributed by atoms with Crippen molar-refractivity contribution in [2.75, 3.05) is 31.5 Å². The topological polar surface area (TPSA) is 78.7 Å². The number of nitrogens with zero attached hydrogens (tertiary/aromatic N) is 2. The number of benzene rings is 1. The van der Waals surface area contributed by atoms with Gasteiger partial charge in [0.25, 0.3) is 5.91 Å². The SMILES string of the molecule is NC(=O)CN1Cc2cc(NC34CC5CC(CN(C5)C3)C4)ccc2C1=O. The minimum absolute atomic E-state index is 0.0153. The number of nitrogens with one attached hydrogen (secondary N) is 1. The van der Waals surface area contributed by atoms with Gasteiger partial charge in [0.2, 0.25) is 5.91 Å². The van der Waals surface area contributed by atoms with Crippen molar-refractivity contribution < 1.29 is 9.59 Å². The summed E-state index contributed by atoms with van der Waals surface area (Å²) in [6.07, 6.45) is 3.90. The molecule has 0 radical (unpaired) electrons. The van der Waals surface area contributed by atoms with Crippen LogP contribution in [0.5, 0.6) is 0 Å². The number of anilines is 1. The van der Waals surface area contributed by atoms with Crippen molar-refractivity contribution in [3.05, 3.63) is 29.3 Å². The number of hydrogen-bond donors (Lipinski definition) is 2. The summed E-state index contributed by atoms with van der Waals surface area (Å²) in [5.74, 6) is 1.09. The minimum atomic E-state index is -0.470. The number of fused-ring (bicyclic) bond motifs is 1. The van der Waals surface area contributed by atoms with Crippen LogP contribution in [0.25, 0.3) is 0 Å². The summed E-state index contributed by atoms with van der Waals surface area (Å²) in [6.45, 7) is 4.11. The predicted octanol–water partition coefficient (Wildman–Crippen LogP) is 1.02. The third-order valence-corrected chi connectivity index (χ3v) is 6.32. The average molecular weight is 340 g/mol. The van der Waals surface area contributed by atoms with Gasteiger partial charge in [-0.05, 0) is 54.9 Å². The lowest BCUT2D eigenvalue weighted by molar-refractivity contribution is -0.118. The van der Waals surface area contributed by atoms with E-state index in [1.54, 1.807) is 0 Å². The van der Waals surface area contributed by atoms with Crippen LogP contribution >= 0.6 is 0 Å². The molecule has 2 amide bonds. The molecule has 1 aromatic carbocycles. The lowest BCUT2D eigenvalue weighted by Gasteiger charge is -2.58. The summed E-state index contributed by atoms with van der Waals surface area (Å²) in [5.41, 5.74) is 8.21. The Hall–Kier alpha value is -2.08. The summed E-state index contributed by atoms with van der Waals surface area (Å²) >= 11 is 0. The molecular weight excluding hydrogens is 316 g/mol. The van der Waals surface area contributed by atoms with Gasteiger partial charge in [0.1, 0.15) is 0 Å². The molecular formula is C19H24N4O2. The van der Waals surface area contributed by atoms with Crippen molar-refractivity contribution in [2.24, 2.45) is 17.6 Å². The fourth-order valence-corrected chi connectivity index (χ4v) is 5.82. The van der Waals surface area contributed by atoms with E-state index in [4.69, 9.17) is 5.73 Å². The van der Waals surface area contributed by atoms with Gasteiger partial charge >= 0.3 is 0 Å². The second-order valence-electron chi connectivity index (χ2n) is 8.47. The van der Waals surface area contributed by atoms with Crippen LogP contribution in [0.3, 0.4) is 0 Å². The minimum Gasteiger partial charge on any atom is -0.378 e. The molecule has 4 aliphatic heterocycles. The highest BCUT2D eigenvalue weighted by atomic mass is 16.2. The summed E-state index contributed by atoms with van der Waals surface area (Å²) in [7, 11) is 0. The first-order valence-electron chi connectivity index (χ1n) is 9.21. The first-order valence-corrected chi connectivity index (χ1v) is 9.21. The number of primary amides is 1. The average Bonchev–Trinajstić information content (AvgIpc) is 2.80. The number of carbonyl (C=O) groups excluding carboxylic acids is 2. The molecule has 6 heteroatoms. The zero-order chi connectivity index (χ0) is 17.2. The van der Waals surface area contributed by atoms with Gasteiger partial charge in [0, 0.05) is 37.4 Å². The molecule has 6 nitrogen and oxygen atoms in total. The fourth-order valence-electron chi connectivity index (χ4n) is 5.82. The highest BCUT2D eigenvalue weighted by molar-refractivity contribution is 6.00. The van der Waals surface area contributed by atoms with E-state index in [0.29, 0.717) is 12.1 Å². The van der Waals surface area contributed by atoms with Crippen LogP contribution in [0.15, 0.2) is 18.2 Å². The van der Waals surface area contributed by atoms with Gasteiger partial charge in [0.05, 0.1) is 12.1 Å². The van der Waals surface area contributed by atoms with Crippen LogP contribution in [0.1, 0.15) is 35.2 Å². The van der Waals surface area contributed by atoms with Crippen molar-refractivity contribution in [2.45, 2.75) is 31.3 Å². The van der Waals surface area contributed by atoms with E-state index >= 15 is 0 Å². The van der Waals surface area contributed by atoms with Crippen molar-refractivity contribution in [3.8, 4) is 0 Å². The molecule has 4 fully saturated rings. The quantitative estimate of drug-likeness (QED) is 0.858. The van der Waals surface area contributed by atoms with Crippen molar-refractivity contribution in [1.29, 1.82) is 0 Å². The predicted molar refractivity (Wildman–Crippen MR) is 94.0 cm³/mol. The van der Waals surface area contributed by atoms with Gasteiger partial charge in [-0.2, -0.15) is 0 Å². The summed E-state index contributed by atoms with van der Waals surface area (Å²) in [6, 6.07) is 5.99. The molecule has 25 heavy (non-hydrogen) atoms. The molecule has 0 aromatic heterocycles. The number of rotatable bonds is 4. The second-order valence-corrected chi connectivity index (χ2v) is 8.47. The highest BCUT2D eigenvalue weighted by Crippen LogP contribution is 2.47. The lowest BCUT2D eigenvalue weighted by atomic mass is 9.64. The van der Waals surface area contributed by atoms with Crippen molar-refractivity contribution >= 4 is 17.5 Å². The smallest absolute Gasteiger partial charge is 0.254 e. The molecule has 1 saturated carbocycles. The van der Waals surface area contributed by atoms with Gasteiger partial charge in [-0.1, -0.05) is 0 Å². The Labute approximate surface area is 147 Å². The van der Waals surface area contributed by atoms with E-state index in [0.717, 1.165) is 29.6 Å². The molecule has 4 heterocycles. The number of hydrogen-bond acceptors (Lipinski definition) is 4. The number of amides is 2. The molecule has 6 rings (SSSR count). The van der Waals surface area contributed by atoms with Crippen molar-refractivity contribution in [3.63, 3.8) is 0 Å². The first-order chi connectivity index (χ1) is 12.0. The maximum absolute atomic E-state index is 12.3. The zero-order valence-corrected chi connectivity index (χ0v) is 14.3. The molecule has 0 spiro atoms. The second kappa shape index (κ2) is 5.21. The molecule has 4 bridgehead atoms. The van der Waals surface area contributed by atoms with Crippen LogP contribution in [0, 0.1) is 11.8 Å². The molecule has 1 aromatic rings. The van der Waals surface area contributed by atoms with Crippen LogP contribution in [-0.2, 0) is 11.3 Å². The summed E-state index contributed by atoms with van der Waals surface area (Å²) < 4.78 is 0. The Balaban J connectivity index is 1.37. The van der Waals surface area contributed by atoms with Gasteiger partial charge in [-0.3, -0.25) is 9.59 Å². The zero-order valence-electron chi connectivity index (χ0n) is 14.3. The van der Waals surface area contributed by atoms with E-state index in [1.807, 2.05) is 12.1 Å². The standard InChI is InChI=1S/C19H24N4O2/c20-17(24)10-23-9-14-4-15(1-2-16(14)18(23)25)21-19-5-12-3-13(6-19)8-22(7-12)11-19/h1-2,4,12-13,21H,3,5-11H2,(H2,20,24). The molecule has 132 valence electrons. The van der Waals surface area contributed by atoms with Gasteiger partial charge < -0.3 is 20.9 Å². The molecule has 5 aliphatic rings. The van der Waals surface area contributed by atoms with E-state index in [9.17, 15) is 9.59 Å². The molecule has 1 aliphatic carbocycles. The van der Waals surface area contributed by atoms with Crippen LogP contribution in [0.2, 0.25) is 0 Å². The largest absolute Gasteiger partial charge is 0.378 e. The lowest BCUT2D eigenvalue weighted by Crippen LogP contribution is -2.65. The molecule has 3 saturated heterocycles. The van der Waals surface area contributed by atoms with Crippen molar-refractivity contribution in [1.82, 2.24) is 9.80 Å². The Bertz CT molecular complexity index is 725. The fraction of sp³-hybridized carbons (Fsp3) is 0.579. The van der Waals surface area contributed by atoms with Crippen LogP contribution in [0.4, 0.5) is 5.69 Å². The monoisotopic (exact) mass is 340 g/mol. The summed E-state index contributed by atoms with van der Waals surface area (Å²) in [4.78, 5) is 27.6. The van der Waals surface area contributed by atoms with Gasteiger partial charge in [-0.15, -0.1) is 0 Å². The Morgan fingerprint density at radius 3 is 2.72 bits per heavy atom. The van der Waals surface area contributed by atoms with E-state index < -0.39 is 5.91 Å². The Morgan fingerprint density at radius 2 is 2.04 bits per heavy atom. The van der Waals surface area contributed by atoms with E-state index in [2.05, 4.69) is 16.3 Å². The molecule has 2 atom stereocenters. The normalized spacial score (nSPS) is 35.1. The van der Waals surface area contributed by atoms with E-state index in [-0.39, 0.29) is 18.0 Å². The maximum Gasteiger partial charge on any atom is 0.254 e. The molecule has 3 N–H and O–H groups in total. The number of piperidine rings is 3. The number of carbonyl (C=O) groups is 2. The number of nitrogens with two attached hydrogens (primary N) is 1. The summed E-state index contributed by atoms with van der Waals surface area (Å²) in [5, 5.41) is 3.82. The van der Waals surface area contributed by atoms with Crippen LogP contribution in [-0.4, -0.2) is 53.3 Å². The van der Waals surface area contributed by atoms with Gasteiger partial charge in [0.15, 0.2) is 0 Å². The highest BCUT2D eigenvalue weighted by Gasteiger charge is 2.50. The Kier molecular flexibility index (Phi) is 3.17. The van der Waals surface area contributed by atoms with Gasteiger partial charge in [-0.25, -0.2) is 0 Å². The third-order valence-electron chi connectivity index (χ3n) is 6.32. The first kappa shape index (κ1) is 15.2.